The number of hydrogen-bond donors (Lipinski definition) is 1. The smallest absolute Gasteiger partial charge is 0.362 e. The van der Waals surface area contributed by atoms with Crippen LogP contribution in [0.4, 0.5) is 13.2 Å². The van der Waals surface area contributed by atoms with E-state index in [4.69, 9.17) is 0 Å². The largest absolute Gasteiger partial charge is 0.451 e. The fourth-order valence-corrected chi connectivity index (χ4v) is 2.83. The fourth-order valence-electron chi connectivity index (χ4n) is 2.83. The first-order valence-electron chi connectivity index (χ1n) is 7.12. The molecule has 22 heavy (non-hydrogen) atoms. The van der Waals surface area contributed by atoms with Gasteiger partial charge in [0.1, 0.15) is 0 Å². The Morgan fingerprint density at radius 3 is 2.73 bits per heavy atom. The van der Waals surface area contributed by atoms with Gasteiger partial charge in [-0.1, -0.05) is 0 Å². The minimum absolute atomic E-state index is 0.514. The third kappa shape index (κ3) is 2.99. The second-order valence-electron chi connectivity index (χ2n) is 5.73. The number of nitrogens with one attached hydrogen (secondary N) is 1. The first-order chi connectivity index (χ1) is 10.3. The van der Waals surface area contributed by atoms with Gasteiger partial charge in [0.15, 0.2) is 0 Å². The average Bonchev–Trinajstić information content (AvgIpc) is 2.75. The molecule has 0 atom stereocenters. The highest BCUT2D eigenvalue weighted by molar-refractivity contribution is 5.26. The highest BCUT2D eigenvalue weighted by atomic mass is 19.4. The Bertz CT molecular complexity index is 691. The zero-order valence-corrected chi connectivity index (χ0v) is 12.5. The number of halogens is 3. The molecule has 2 aromatic rings. The zero-order chi connectivity index (χ0) is 15.9. The predicted octanol–water partition coefficient (Wildman–Crippen LogP) is 3.00. The maximum Gasteiger partial charge on any atom is 0.451 e. The van der Waals surface area contributed by atoms with Gasteiger partial charge in [-0.05, 0) is 25.5 Å². The third-order valence-electron chi connectivity index (χ3n) is 3.92. The lowest BCUT2D eigenvalue weighted by Crippen LogP contribution is -2.31. The van der Waals surface area contributed by atoms with Crippen LogP contribution in [0.5, 0.6) is 0 Å². The zero-order valence-electron chi connectivity index (χ0n) is 12.5. The van der Waals surface area contributed by atoms with Crippen molar-refractivity contribution in [3.8, 4) is 0 Å². The molecule has 0 radical (unpaired) electrons. The summed E-state index contributed by atoms with van der Waals surface area (Å²) in [7, 11) is 0. The lowest BCUT2D eigenvalue weighted by atomic mass is 10.1. The number of aromatic nitrogens is 3. The molecule has 0 aliphatic carbocycles. The summed E-state index contributed by atoms with van der Waals surface area (Å²) in [5, 5.41) is 0. The van der Waals surface area contributed by atoms with Crippen LogP contribution >= 0.6 is 0 Å². The topological polar surface area (TPSA) is 44.8 Å². The Labute approximate surface area is 126 Å². The highest BCUT2D eigenvalue weighted by Gasteiger charge is 2.35. The van der Waals surface area contributed by atoms with Gasteiger partial charge >= 0.3 is 6.18 Å². The van der Waals surface area contributed by atoms with Crippen LogP contribution in [0, 0.1) is 13.8 Å². The van der Waals surface area contributed by atoms with Crippen molar-refractivity contribution < 1.29 is 13.2 Å². The Morgan fingerprint density at radius 2 is 2.09 bits per heavy atom. The maximum atomic E-state index is 12.6. The van der Waals surface area contributed by atoms with Crippen LogP contribution in [0.15, 0.2) is 12.3 Å². The molecule has 0 saturated carbocycles. The molecule has 0 spiro atoms. The molecular weight excluding hydrogens is 293 g/mol. The summed E-state index contributed by atoms with van der Waals surface area (Å²) >= 11 is 0. The minimum atomic E-state index is -4.48. The van der Waals surface area contributed by atoms with Gasteiger partial charge in [0.25, 0.3) is 0 Å². The van der Waals surface area contributed by atoms with Gasteiger partial charge in [0.2, 0.25) is 5.82 Å². The monoisotopic (exact) mass is 310 g/mol. The summed E-state index contributed by atoms with van der Waals surface area (Å²) in [6.45, 7) is 6.09. The van der Waals surface area contributed by atoms with Crippen LogP contribution in [-0.2, 0) is 25.7 Å². The van der Waals surface area contributed by atoms with Crippen LogP contribution in [0.25, 0.3) is 0 Å². The van der Waals surface area contributed by atoms with Crippen molar-refractivity contribution >= 4 is 0 Å². The van der Waals surface area contributed by atoms with E-state index in [1.807, 2.05) is 13.8 Å². The van der Waals surface area contributed by atoms with E-state index in [2.05, 4.69) is 25.9 Å². The summed E-state index contributed by atoms with van der Waals surface area (Å²) < 4.78 is 37.9. The van der Waals surface area contributed by atoms with E-state index in [0.29, 0.717) is 25.2 Å². The van der Waals surface area contributed by atoms with E-state index in [-0.39, 0.29) is 0 Å². The number of aromatic amines is 1. The van der Waals surface area contributed by atoms with E-state index in [9.17, 15) is 13.2 Å². The number of hydrogen-bond acceptors (Lipinski definition) is 3. The van der Waals surface area contributed by atoms with E-state index in [0.717, 1.165) is 23.5 Å². The average molecular weight is 310 g/mol. The Kier molecular flexibility index (Phi) is 3.68. The van der Waals surface area contributed by atoms with Crippen LogP contribution in [0.1, 0.15) is 34.0 Å². The second kappa shape index (κ2) is 5.39. The molecular formula is C15H17F3N4. The lowest BCUT2D eigenvalue weighted by molar-refractivity contribution is -0.145. The third-order valence-corrected chi connectivity index (χ3v) is 3.92. The van der Waals surface area contributed by atoms with E-state index >= 15 is 0 Å². The molecule has 1 aliphatic rings. The van der Waals surface area contributed by atoms with Gasteiger partial charge in [-0.2, -0.15) is 13.2 Å². The van der Waals surface area contributed by atoms with Crippen molar-refractivity contribution in [3.05, 3.63) is 46.3 Å². The van der Waals surface area contributed by atoms with Crippen molar-refractivity contribution in [2.45, 2.75) is 39.5 Å². The van der Waals surface area contributed by atoms with E-state index in [1.165, 1.54) is 11.8 Å². The first-order valence-corrected chi connectivity index (χ1v) is 7.12. The number of alkyl halides is 3. The SMILES string of the molecule is Cc1cc(CN2CCc3nc(C(F)(F)F)ncc3C2)c(C)[nH]1. The van der Waals surface area contributed by atoms with Crippen molar-refractivity contribution in [1.29, 1.82) is 0 Å². The molecule has 0 aromatic carbocycles. The number of rotatable bonds is 2. The molecule has 3 rings (SSSR count). The number of H-pyrrole nitrogens is 1. The maximum absolute atomic E-state index is 12.6. The molecule has 0 bridgehead atoms. The molecule has 3 heterocycles. The van der Waals surface area contributed by atoms with Gasteiger partial charge in [-0.15, -0.1) is 0 Å². The molecule has 0 saturated heterocycles. The lowest BCUT2D eigenvalue weighted by Gasteiger charge is -2.28. The van der Waals surface area contributed by atoms with Gasteiger partial charge in [0, 0.05) is 49.2 Å². The molecule has 4 nitrogen and oxygen atoms in total. The predicted molar refractivity (Wildman–Crippen MR) is 75.1 cm³/mol. The quantitative estimate of drug-likeness (QED) is 0.927. The Hall–Kier alpha value is -1.89. The fraction of sp³-hybridized carbons (Fsp3) is 0.467. The van der Waals surface area contributed by atoms with E-state index in [1.54, 1.807) is 0 Å². The summed E-state index contributed by atoms with van der Waals surface area (Å²) in [6.07, 6.45) is -2.65. The highest BCUT2D eigenvalue weighted by Crippen LogP contribution is 2.28. The summed E-state index contributed by atoms with van der Waals surface area (Å²) in [4.78, 5) is 12.6. The van der Waals surface area contributed by atoms with E-state index < -0.39 is 12.0 Å². The second-order valence-corrected chi connectivity index (χ2v) is 5.73. The Balaban J connectivity index is 1.76. The minimum Gasteiger partial charge on any atom is -0.362 e. The van der Waals surface area contributed by atoms with Crippen LogP contribution < -0.4 is 0 Å². The van der Waals surface area contributed by atoms with Crippen molar-refractivity contribution in [3.63, 3.8) is 0 Å². The normalized spacial score (nSPS) is 15.9. The molecule has 1 aliphatic heterocycles. The molecule has 0 amide bonds. The summed E-state index contributed by atoms with van der Waals surface area (Å²) in [6, 6.07) is 2.11. The molecule has 0 unspecified atom stereocenters. The van der Waals surface area contributed by atoms with Crippen molar-refractivity contribution in [2.75, 3.05) is 6.54 Å². The van der Waals surface area contributed by atoms with Crippen molar-refractivity contribution in [2.24, 2.45) is 0 Å². The van der Waals surface area contributed by atoms with Gasteiger partial charge < -0.3 is 4.98 Å². The first kappa shape index (κ1) is 15.0. The van der Waals surface area contributed by atoms with Crippen LogP contribution in [-0.4, -0.2) is 26.4 Å². The summed E-state index contributed by atoms with van der Waals surface area (Å²) in [5.74, 6) is -1.04. The van der Waals surface area contributed by atoms with Crippen molar-refractivity contribution in [1.82, 2.24) is 19.9 Å². The molecule has 118 valence electrons. The standard InChI is InChI=1S/C15H17F3N4/c1-9-5-11(10(2)20-9)7-22-4-3-13-12(8-22)6-19-14(21-13)15(16,17)18/h5-6,20H,3-4,7-8H2,1-2H3. The molecule has 0 fully saturated rings. The van der Waals surface area contributed by atoms with Gasteiger partial charge in [-0.3, -0.25) is 4.90 Å². The summed E-state index contributed by atoms with van der Waals surface area (Å²) in [5.41, 5.74) is 4.76. The number of aryl methyl sites for hydroxylation is 2. The number of fused-ring (bicyclic) bond motifs is 1. The van der Waals surface area contributed by atoms with Gasteiger partial charge in [0.05, 0.1) is 5.69 Å². The van der Waals surface area contributed by atoms with Crippen LogP contribution in [0.3, 0.4) is 0 Å². The van der Waals surface area contributed by atoms with Crippen LogP contribution in [0.2, 0.25) is 0 Å². The molecule has 7 heteroatoms. The molecule has 2 aromatic heterocycles. The number of nitrogens with zero attached hydrogens (tertiary/aromatic N) is 3. The Morgan fingerprint density at radius 1 is 1.32 bits per heavy atom. The van der Waals surface area contributed by atoms with Gasteiger partial charge in [-0.25, -0.2) is 9.97 Å². The molecule has 1 N–H and O–H groups in total.